The van der Waals surface area contributed by atoms with E-state index >= 15 is 0 Å². The zero-order valence-electron chi connectivity index (χ0n) is 24.3. The maximum absolute atomic E-state index is 12.5. The van der Waals surface area contributed by atoms with Crippen LogP contribution in [0.4, 0.5) is 4.79 Å². The zero-order chi connectivity index (χ0) is 27.1. The molecular formula is C34H49ClO3. The van der Waals surface area contributed by atoms with E-state index in [4.69, 9.17) is 21.1 Å². The summed E-state index contributed by atoms with van der Waals surface area (Å²) < 4.78 is 11.2. The Labute approximate surface area is 236 Å². The Hall–Kier alpha value is -1.48. The van der Waals surface area contributed by atoms with Crippen molar-refractivity contribution < 1.29 is 14.3 Å². The number of rotatable bonds is 7. The van der Waals surface area contributed by atoms with Gasteiger partial charge in [0, 0.05) is 11.4 Å². The average Bonchev–Trinajstić information content (AvgIpc) is 3.21. The van der Waals surface area contributed by atoms with E-state index in [-0.39, 0.29) is 11.5 Å². The van der Waals surface area contributed by atoms with Crippen molar-refractivity contribution in [1.29, 1.82) is 0 Å². The maximum atomic E-state index is 12.5. The molecule has 0 saturated heterocycles. The molecule has 3 fully saturated rings. The van der Waals surface area contributed by atoms with Crippen molar-refractivity contribution in [2.24, 2.45) is 46.3 Å². The molecule has 0 heterocycles. The molecule has 8 atom stereocenters. The van der Waals surface area contributed by atoms with Gasteiger partial charge in [-0.1, -0.05) is 83.2 Å². The van der Waals surface area contributed by atoms with Gasteiger partial charge in [0.2, 0.25) is 0 Å². The van der Waals surface area contributed by atoms with Crippen LogP contribution in [0.25, 0.3) is 0 Å². The summed E-state index contributed by atoms with van der Waals surface area (Å²) in [6.45, 7) is 12.5. The summed E-state index contributed by atoms with van der Waals surface area (Å²) in [4.78, 5) is 12.5. The second kappa shape index (κ2) is 11.2. The molecule has 0 unspecified atom stereocenters. The first-order chi connectivity index (χ1) is 18.1. The van der Waals surface area contributed by atoms with Crippen LogP contribution >= 0.6 is 11.6 Å². The first-order valence-corrected chi connectivity index (χ1v) is 15.8. The van der Waals surface area contributed by atoms with Crippen LogP contribution in [0.1, 0.15) is 105 Å². The van der Waals surface area contributed by atoms with Crippen molar-refractivity contribution in [2.75, 3.05) is 0 Å². The Morgan fingerprint density at radius 2 is 1.87 bits per heavy atom. The van der Waals surface area contributed by atoms with Gasteiger partial charge in [-0.2, -0.15) is 0 Å². The molecular weight excluding hydrogens is 492 g/mol. The highest BCUT2D eigenvalue weighted by atomic mass is 35.5. The summed E-state index contributed by atoms with van der Waals surface area (Å²) >= 11 is 6.02. The molecule has 0 amide bonds. The predicted molar refractivity (Wildman–Crippen MR) is 155 cm³/mol. The number of hydrogen-bond acceptors (Lipinski definition) is 3. The molecule has 3 nitrogen and oxygen atoms in total. The van der Waals surface area contributed by atoms with Gasteiger partial charge in [0.1, 0.15) is 11.9 Å². The molecule has 0 aromatic heterocycles. The van der Waals surface area contributed by atoms with E-state index in [0.717, 1.165) is 54.8 Å². The van der Waals surface area contributed by atoms with Crippen LogP contribution in [-0.4, -0.2) is 12.3 Å². The summed E-state index contributed by atoms with van der Waals surface area (Å²) in [6, 6.07) is 6.90. The topological polar surface area (TPSA) is 35.5 Å². The van der Waals surface area contributed by atoms with Crippen molar-refractivity contribution in [3.63, 3.8) is 0 Å². The Morgan fingerprint density at radius 3 is 2.63 bits per heavy atom. The Morgan fingerprint density at radius 1 is 1.05 bits per heavy atom. The quantitative estimate of drug-likeness (QED) is 0.196. The number of benzene rings is 1. The van der Waals surface area contributed by atoms with Gasteiger partial charge in [-0.25, -0.2) is 4.79 Å². The van der Waals surface area contributed by atoms with E-state index in [1.807, 2.05) is 0 Å². The van der Waals surface area contributed by atoms with Gasteiger partial charge in [-0.3, -0.25) is 0 Å². The second-order valence-corrected chi connectivity index (χ2v) is 14.5. The smallest absolute Gasteiger partial charge is 0.430 e. The lowest BCUT2D eigenvalue weighted by molar-refractivity contribution is -0.0597. The molecule has 38 heavy (non-hydrogen) atoms. The van der Waals surface area contributed by atoms with Crippen molar-refractivity contribution in [2.45, 2.75) is 111 Å². The summed E-state index contributed by atoms with van der Waals surface area (Å²) in [5.41, 5.74) is 2.30. The fourth-order valence-electron chi connectivity index (χ4n) is 9.54. The van der Waals surface area contributed by atoms with Gasteiger partial charge in [-0.05, 0) is 109 Å². The molecule has 4 aliphatic rings. The molecule has 3 saturated carbocycles. The average molecular weight is 541 g/mol. The number of halogens is 1. The third-order valence-corrected chi connectivity index (χ3v) is 11.8. The van der Waals surface area contributed by atoms with Crippen molar-refractivity contribution in [3.8, 4) is 5.75 Å². The van der Waals surface area contributed by atoms with Crippen LogP contribution in [0.5, 0.6) is 5.75 Å². The SMILES string of the molecule is CC(C)CCC[C@H](C)[C@@H]1CC[C@@H]2[C@H]3CC=C4C[C@@H](OC(=O)Oc5cccc(Cl)c5)CC[C@]4(C)[C@@H]3CC[C@@]21C. The lowest BCUT2D eigenvalue weighted by atomic mass is 9.47. The van der Waals surface area contributed by atoms with Crippen LogP contribution in [0.3, 0.4) is 0 Å². The fraction of sp³-hybridized carbons (Fsp3) is 0.735. The van der Waals surface area contributed by atoms with Crippen molar-refractivity contribution in [1.82, 2.24) is 0 Å². The molecule has 4 aliphatic carbocycles. The summed E-state index contributed by atoms with van der Waals surface area (Å²) in [6.07, 6.45) is 15.7. The van der Waals surface area contributed by atoms with Gasteiger partial charge < -0.3 is 9.47 Å². The van der Waals surface area contributed by atoms with E-state index < -0.39 is 6.16 Å². The highest BCUT2D eigenvalue weighted by Crippen LogP contribution is 2.67. The molecule has 0 aliphatic heterocycles. The highest BCUT2D eigenvalue weighted by Gasteiger charge is 2.59. The summed E-state index contributed by atoms with van der Waals surface area (Å²) in [7, 11) is 0. The number of fused-ring (bicyclic) bond motifs is 5. The van der Waals surface area contributed by atoms with Crippen LogP contribution in [0.2, 0.25) is 5.02 Å². The third-order valence-electron chi connectivity index (χ3n) is 11.5. The Bertz CT molecular complexity index is 1030. The fourth-order valence-corrected chi connectivity index (χ4v) is 9.72. The zero-order valence-corrected chi connectivity index (χ0v) is 25.1. The molecule has 1 aromatic rings. The highest BCUT2D eigenvalue weighted by molar-refractivity contribution is 6.30. The van der Waals surface area contributed by atoms with E-state index in [1.54, 1.807) is 24.3 Å². The number of allylic oxidation sites excluding steroid dienone is 1. The molecule has 1 aromatic carbocycles. The van der Waals surface area contributed by atoms with Crippen molar-refractivity contribution in [3.05, 3.63) is 40.9 Å². The van der Waals surface area contributed by atoms with Gasteiger partial charge in [0.25, 0.3) is 0 Å². The number of ether oxygens (including phenoxy) is 2. The van der Waals surface area contributed by atoms with E-state index in [9.17, 15) is 4.79 Å². The van der Waals surface area contributed by atoms with Gasteiger partial charge >= 0.3 is 6.16 Å². The van der Waals surface area contributed by atoms with Crippen LogP contribution < -0.4 is 4.74 Å². The van der Waals surface area contributed by atoms with Gasteiger partial charge in [0.05, 0.1) is 0 Å². The molecule has 0 radical (unpaired) electrons. The van der Waals surface area contributed by atoms with Crippen molar-refractivity contribution >= 4 is 17.8 Å². The van der Waals surface area contributed by atoms with Gasteiger partial charge in [0.15, 0.2) is 0 Å². The van der Waals surface area contributed by atoms with Crippen LogP contribution in [0, 0.1) is 46.3 Å². The second-order valence-electron chi connectivity index (χ2n) is 14.1. The summed E-state index contributed by atoms with van der Waals surface area (Å²) in [5, 5.41) is 0.545. The molecule has 5 rings (SSSR count). The minimum Gasteiger partial charge on any atom is -0.430 e. The summed E-state index contributed by atoms with van der Waals surface area (Å²) in [5.74, 6) is 5.46. The van der Waals surface area contributed by atoms with Crippen LogP contribution in [-0.2, 0) is 4.74 Å². The number of hydrogen-bond donors (Lipinski definition) is 0. The maximum Gasteiger partial charge on any atom is 0.514 e. The minimum atomic E-state index is -0.622. The Kier molecular flexibility index (Phi) is 8.26. The van der Waals surface area contributed by atoms with Crippen LogP contribution in [0.15, 0.2) is 35.9 Å². The first-order valence-electron chi connectivity index (χ1n) is 15.4. The first kappa shape index (κ1) is 28.1. The largest absolute Gasteiger partial charge is 0.514 e. The van der Waals surface area contributed by atoms with E-state index in [2.05, 4.69) is 40.7 Å². The molecule has 0 bridgehead atoms. The molecule has 0 spiro atoms. The number of carbonyl (C=O) groups is 1. The lowest BCUT2D eigenvalue weighted by Crippen LogP contribution is -2.51. The monoisotopic (exact) mass is 540 g/mol. The normalized spacial score (nSPS) is 37.0. The molecule has 0 N–H and O–H groups in total. The molecule has 210 valence electrons. The third kappa shape index (κ3) is 5.43. The predicted octanol–water partition coefficient (Wildman–Crippen LogP) is 10.3. The molecule has 4 heteroatoms. The minimum absolute atomic E-state index is 0.103. The lowest BCUT2D eigenvalue weighted by Gasteiger charge is -2.58. The van der Waals surface area contributed by atoms with E-state index in [0.29, 0.717) is 16.2 Å². The van der Waals surface area contributed by atoms with Gasteiger partial charge in [-0.15, -0.1) is 0 Å². The number of carbonyl (C=O) groups excluding carboxylic acids is 1. The van der Waals surface area contributed by atoms with E-state index in [1.165, 1.54) is 56.9 Å². The standard InChI is InChI=1S/C34H49ClO3/c1-22(2)8-6-9-23(3)29-14-15-30-28-13-12-24-20-27(38-32(36)37-26-11-7-10-25(35)21-26)16-18-33(24,4)31(28)17-19-34(29,30)5/h7,10-12,21-23,27-31H,6,8-9,13-20H2,1-5H3/t23-,27-,28+,29-,30+,31+,33-,34+/m0/s1. The Balaban J connectivity index is 1.22.